The molecule has 0 saturated heterocycles. The third kappa shape index (κ3) is 2.51. The van der Waals surface area contributed by atoms with Gasteiger partial charge in [-0.15, -0.1) is 11.3 Å². The lowest BCUT2D eigenvalue weighted by Crippen LogP contribution is -2.00. The molecule has 1 N–H and O–H groups in total. The van der Waals surface area contributed by atoms with Crippen LogP contribution in [0, 0.1) is 6.92 Å². The van der Waals surface area contributed by atoms with Gasteiger partial charge in [0, 0.05) is 18.2 Å². The van der Waals surface area contributed by atoms with Crippen molar-refractivity contribution in [2.75, 3.05) is 0 Å². The molecule has 0 spiro atoms. The van der Waals surface area contributed by atoms with E-state index in [2.05, 4.69) is 4.98 Å². The molecule has 2 aromatic heterocycles. The Morgan fingerprint density at radius 1 is 1.50 bits per heavy atom. The largest absolute Gasteiger partial charge is 0.463 e. The Balaban J connectivity index is 2.05. The second-order valence-electron chi connectivity index (χ2n) is 3.74. The zero-order valence-corrected chi connectivity index (χ0v) is 10.3. The number of aromatic nitrogens is 1. The Hall–Kier alpha value is -1.13. The van der Waals surface area contributed by atoms with E-state index >= 15 is 0 Å². The van der Waals surface area contributed by atoms with Crippen LogP contribution in [0.2, 0.25) is 0 Å². The topological polar surface area (TPSA) is 46.3 Å². The zero-order valence-electron chi connectivity index (χ0n) is 9.43. The van der Waals surface area contributed by atoms with Crippen LogP contribution < -0.4 is 0 Å². The van der Waals surface area contributed by atoms with E-state index in [0.717, 1.165) is 22.9 Å². The Morgan fingerprint density at radius 3 is 2.88 bits per heavy atom. The van der Waals surface area contributed by atoms with Crippen LogP contribution in [0.4, 0.5) is 0 Å². The molecule has 0 saturated carbocycles. The summed E-state index contributed by atoms with van der Waals surface area (Å²) in [6.07, 6.45) is 0.769. The minimum absolute atomic E-state index is 0.515. The maximum Gasteiger partial charge on any atom is 0.133 e. The maximum atomic E-state index is 9.96. The normalized spacial score (nSPS) is 12.9. The number of hydrogen-bond donors (Lipinski definition) is 1. The van der Waals surface area contributed by atoms with Crippen LogP contribution in [0.25, 0.3) is 0 Å². The monoisotopic (exact) mass is 237 g/mol. The van der Waals surface area contributed by atoms with Gasteiger partial charge in [-0.2, -0.15) is 0 Å². The van der Waals surface area contributed by atoms with Crippen molar-refractivity contribution in [2.24, 2.45) is 0 Å². The van der Waals surface area contributed by atoms with Crippen LogP contribution >= 0.6 is 11.3 Å². The number of furan rings is 1. The Labute approximate surface area is 98.8 Å². The minimum Gasteiger partial charge on any atom is -0.463 e. The van der Waals surface area contributed by atoms with E-state index in [-0.39, 0.29) is 0 Å². The van der Waals surface area contributed by atoms with Crippen molar-refractivity contribution in [3.8, 4) is 0 Å². The number of nitrogens with zero attached hydrogens (tertiary/aromatic N) is 1. The van der Waals surface area contributed by atoms with Gasteiger partial charge in [0.25, 0.3) is 0 Å². The van der Waals surface area contributed by atoms with E-state index in [4.69, 9.17) is 4.42 Å². The van der Waals surface area contributed by atoms with Crippen molar-refractivity contribution in [3.05, 3.63) is 39.7 Å². The molecule has 4 heteroatoms. The highest BCUT2D eigenvalue weighted by Gasteiger charge is 2.14. The van der Waals surface area contributed by atoms with Crippen molar-refractivity contribution in [2.45, 2.75) is 32.8 Å². The number of thiazole rings is 1. The first-order valence-electron chi connectivity index (χ1n) is 5.36. The lowest BCUT2D eigenvalue weighted by molar-refractivity contribution is 0.147. The molecular weight excluding hydrogens is 222 g/mol. The molecule has 0 bridgehead atoms. The van der Waals surface area contributed by atoms with Gasteiger partial charge in [-0.3, -0.25) is 0 Å². The van der Waals surface area contributed by atoms with Crippen molar-refractivity contribution in [1.29, 1.82) is 0 Å². The van der Waals surface area contributed by atoms with Gasteiger partial charge < -0.3 is 9.52 Å². The van der Waals surface area contributed by atoms with E-state index in [1.807, 2.05) is 31.4 Å². The molecule has 16 heavy (non-hydrogen) atoms. The molecule has 0 aliphatic rings. The second kappa shape index (κ2) is 4.80. The van der Waals surface area contributed by atoms with Crippen LogP contribution in [-0.4, -0.2) is 10.1 Å². The summed E-state index contributed by atoms with van der Waals surface area (Å²) in [6, 6.07) is 3.74. The fourth-order valence-corrected chi connectivity index (χ4v) is 2.19. The van der Waals surface area contributed by atoms with Crippen molar-refractivity contribution < 1.29 is 9.52 Å². The summed E-state index contributed by atoms with van der Waals surface area (Å²) in [4.78, 5) is 4.32. The molecule has 0 amide bonds. The molecule has 0 aromatic carbocycles. The molecule has 2 rings (SSSR count). The van der Waals surface area contributed by atoms with Crippen LogP contribution in [0.1, 0.15) is 35.2 Å². The number of aliphatic hydroxyl groups is 1. The molecule has 0 fully saturated rings. The van der Waals surface area contributed by atoms with E-state index in [1.165, 1.54) is 0 Å². The number of aryl methyl sites for hydroxylation is 2. The number of aliphatic hydroxyl groups excluding tert-OH is 1. The first-order chi connectivity index (χ1) is 7.69. The van der Waals surface area contributed by atoms with E-state index in [9.17, 15) is 5.11 Å². The highest BCUT2D eigenvalue weighted by molar-refractivity contribution is 7.09. The van der Waals surface area contributed by atoms with Gasteiger partial charge in [-0.1, -0.05) is 6.92 Å². The summed E-state index contributed by atoms with van der Waals surface area (Å²) in [5.41, 5.74) is 0.921. The summed E-state index contributed by atoms with van der Waals surface area (Å²) in [5, 5.41) is 13.0. The minimum atomic E-state index is -0.596. The lowest BCUT2D eigenvalue weighted by atomic mass is 10.2. The molecule has 86 valence electrons. The molecule has 0 aliphatic heterocycles. The molecule has 2 heterocycles. The van der Waals surface area contributed by atoms with Gasteiger partial charge in [0.05, 0.1) is 10.7 Å². The zero-order chi connectivity index (χ0) is 11.5. The smallest absolute Gasteiger partial charge is 0.133 e. The summed E-state index contributed by atoms with van der Waals surface area (Å²) >= 11 is 1.60. The summed E-state index contributed by atoms with van der Waals surface area (Å²) in [6.45, 7) is 3.99. The number of hydrogen-bond acceptors (Lipinski definition) is 4. The maximum absolute atomic E-state index is 9.96. The first-order valence-corrected chi connectivity index (χ1v) is 6.24. The van der Waals surface area contributed by atoms with Crippen molar-refractivity contribution in [1.82, 2.24) is 4.98 Å². The summed E-state index contributed by atoms with van der Waals surface area (Å²) in [7, 11) is 0. The standard InChI is InChI=1S/C12H15NO2S/c1-3-10-4-5-12(15-10)11(14)6-9-7-16-8(2)13-9/h4-5,7,11,14H,3,6H2,1-2H3. The van der Waals surface area contributed by atoms with Crippen LogP contribution in [0.5, 0.6) is 0 Å². The Bertz CT molecular complexity index is 461. The molecule has 0 radical (unpaired) electrons. The van der Waals surface area contributed by atoms with Crippen LogP contribution in [0.15, 0.2) is 21.9 Å². The van der Waals surface area contributed by atoms with E-state index in [1.54, 1.807) is 11.3 Å². The lowest BCUT2D eigenvalue weighted by Gasteiger charge is -2.05. The van der Waals surface area contributed by atoms with Gasteiger partial charge in [-0.05, 0) is 19.1 Å². The second-order valence-corrected chi connectivity index (χ2v) is 4.80. The quantitative estimate of drug-likeness (QED) is 0.889. The number of rotatable bonds is 4. The SMILES string of the molecule is CCc1ccc(C(O)Cc2csc(C)n2)o1. The van der Waals surface area contributed by atoms with Gasteiger partial charge in [0.1, 0.15) is 17.6 Å². The van der Waals surface area contributed by atoms with Gasteiger partial charge in [-0.25, -0.2) is 4.98 Å². The highest BCUT2D eigenvalue weighted by atomic mass is 32.1. The molecular formula is C12H15NO2S. The fourth-order valence-electron chi connectivity index (χ4n) is 1.56. The van der Waals surface area contributed by atoms with Gasteiger partial charge in [0.2, 0.25) is 0 Å². The Morgan fingerprint density at radius 2 is 2.31 bits per heavy atom. The van der Waals surface area contributed by atoms with Crippen LogP contribution in [0.3, 0.4) is 0 Å². The fraction of sp³-hybridized carbons (Fsp3) is 0.417. The third-order valence-electron chi connectivity index (χ3n) is 2.43. The predicted molar refractivity (Wildman–Crippen MR) is 63.6 cm³/mol. The van der Waals surface area contributed by atoms with E-state index < -0.39 is 6.10 Å². The van der Waals surface area contributed by atoms with Gasteiger partial charge >= 0.3 is 0 Å². The molecule has 1 unspecified atom stereocenters. The summed E-state index contributed by atoms with van der Waals surface area (Å²) < 4.78 is 5.50. The average Bonchev–Trinajstić information content (AvgIpc) is 2.87. The average molecular weight is 237 g/mol. The first kappa shape index (κ1) is 11.4. The highest BCUT2D eigenvalue weighted by Crippen LogP contribution is 2.21. The summed E-state index contributed by atoms with van der Waals surface area (Å²) in [5.74, 6) is 1.53. The van der Waals surface area contributed by atoms with Crippen molar-refractivity contribution in [3.63, 3.8) is 0 Å². The van der Waals surface area contributed by atoms with Crippen molar-refractivity contribution >= 4 is 11.3 Å². The third-order valence-corrected chi connectivity index (χ3v) is 3.25. The van der Waals surface area contributed by atoms with Gasteiger partial charge in [0.15, 0.2) is 0 Å². The molecule has 0 aliphatic carbocycles. The predicted octanol–water partition coefficient (Wildman–Crippen LogP) is 2.88. The van der Waals surface area contributed by atoms with E-state index in [0.29, 0.717) is 12.2 Å². The molecule has 1 atom stereocenters. The molecule has 3 nitrogen and oxygen atoms in total. The Kier molecular flexibility index (Phi) is 3.41. The van der Waals surface area contributed by atoms with Crippen LogP contribution in [-0.2, 0) is 12.8 Å². The molecule has 2 aromatic rings.